The van der Waals surface area contributed by atoms with Crippen molar-refractivity contribution in [2.24, 2.45) is 0 Å². The zero-order chi connectivity index (χ0) is 20.3. The van der Waals surface area contributed by atoms with Gasteiger partial charge < -0.3 is 5.32 Å². The minimum Gasteiger partial charge on any atom is -0.322 e. The molecule has 0 spiro atoms. The van der Waals surface area contributed by atoms with Gasteiger partial charge in [0.25, 0.3) is 15.9 Å². The fraction of sp³-hybridized carbons (Fsp3) is 0.0500. The summed E-state index contributed by atoms with van der Waals surface area (Å²) < 4.78 is 40.7. The van der Waals surface area contributed by atoms with Gasteiger partial charge in [0.2, 0.25) is 0 Å². The summed E-state index contributed by atoms with van der Waals surface area (Å²) >= 11 is 5.79. The minimum absolute atomic E-state index is 0.0734. The SMILES string of the molecule is Cc1cc(C(=O)Nc2cccc(F)c2)ccc1NS(=O)(=O)c1ccc(Cl)cc1. The van der Waals surface area contributed by atoms with Crippen LogP contribution in [0.25, 0.3) is 0 Å². The van der Waals surface area contributed by atoms with Crippen LogP contribution < -0.4 is 10.0 Å². The van der Waals surface area contributed by atoms with Crippen molar-refractivity contribution in [1.82, 2.24) is 0 Å². The molecule has 0 heterocycles. The first-order valence-corrected chi connectivity index (χ1v) is 10.1. The highest BCUT2D eigenvalue weighted by Crippen LogP contribution is 2.22. The van der Waals surface area contributed by atoms with Gasteiger partial charge in [-0.1, -0.05) is 17.7 Å². The molecule has 28 heavy (non-hydrogen) atoms. The summed E-state index contributed by atoms with van der Waals surface area (Å²) in [4.78, 5) is 12.4. The molecule has 0 radical (unpaired) electrons. The highest BCUT2D eigenvalue weighted by molar-refractivity contribution is 7.92. The summed E-state index contributed by atoms with van der Waals surface area (Å²) in [7, 11) is -3.79. The molecule has 1 amide bonds. The lowest BCUT2D eigenvalue weighted by molar-refractivity contribution is 0.102. The molecule has 0 aliphatic carbocycles. The molecule has 0 saturated heterocycles. The number of carbonyl (C=O) groups excluding carboxylic acids is 1. The molecule has 8 heteroatoms. The lowest BCUT2D eigenvalue weighted by Crippen LogP contribution is -2.15. The van der Waals surface area contributed by atoms with Crippen LogP contribution in [-0.2, 0) is 10.0 Å². The van der Waals surface area contributed by atoms with Crippen molar-refractivity contribution in [3.05, 3.63) is 88.7 Å². The lowest BCUT2D eigenvalue weighted by Gasteiger charge is -2.12. The van der Waals surface area contributed by atoms with E-state index in [4.69, 9.17) is 11.6 Å². The number of amides is 1. The number of halogens is 2. The van der Waals surface area contributed by atoms with Gasteiger partial charge in [-0.05, 0) is 73.2 Å². The second kappa shape index (κ2) is 8.00. The number of anilines is 2. The highest BCUT2D eigenvalue weighted by Gasteiger charge is 2.16. The zero-order valence-corrected chi connectivity index (χ0v) is 16.3. The molecule has 5 nitrogen and oxygen atoms in total. The van der Waals surface area contributed by atoms with Gasteiger partial charge in [-0.25, -0.2) is 12.8 Å². The van der Waals surface area contributed by atoms with Crippen molar-refractivity contribution in [1.29, 1.82) is 0 Å². The Hall–Kier alpha value is -2.90. The molecule has 0 atom stereocenters. The molecular formula is C20H16ClFN2O3S. The summed E-state index contributed by atoms with van der Waals surface area (Å²) in [5, 5.41) is 3.03. The molecule has 3 rings (SSSR count). The van der Waals surface area contributed by atoms with Crippen molar-refractivity contribution in [3.63, 3.8) is 0 Å². The molecule has 0 aliphatic rings. The third-order valence-corrected chi connectivity index (χ3v) is 5.57. The monoisotopic (exact) mass is 418 g/mol. The largest absolute Gasteiger partial charge is 0.322 e. The van der Waals surface area contributed by atoms with Crippen LogP contribution in [0, 0.1) is 12.7 Å². The van der Waals surface area contributed by atoms with Crippen LogP contribution in [0.1, 0.15) is 15.9 Å². The number of carbonyl (C=O) groups is 1. The summed E-state index contributed by atoms with van der Waals surface area (Å²) in [5.41, 5.74) is 1.55. The summed E-state index contributed by atoms with van der Waals surface area (Å²) in [6.45, 7) is 1.68. The Morgan fingerprint density at radius 3 is 2.36 bits per heavy atom. The van der Waals surface area contributed by atoms with Gasteiger partial charge in [0, 0.05) is 16.3 Å². The molecule has 144 valence electrons. The second-order valence-electron chi connectivity index (χ2n) is 6.05. The number of rotatable bonds is 5. The molecule has 0 saturated carbocycles. The fourth-order valence-electron chi connectivity index (χ4n) is 2.51. The fourth-order valence-corrected chi connectivity index (χ4v) is 3.76. The first-order valence-electron chi connectivity index (χ1n) is 8.20. The maximum Gasteiger partial charge on any atom is 0.261 e. The maximum atomic E-state index is 13.2. The molecule has 0 unspecified atom stereocenters. The number of sulfonamides is 1. The van der Waals surface area contributed by atoms with E-state index < -0.39 is 21.7 Å². The van der Waals surface area contributed by atoms with Crippen LogP contribution in [0.5, 0.6) is 0 Å². The third-order valence-electron chi connectivity index (χ3n) is 3.94. The minimum atomic E-state index is -3.79. The normalized spacial score (nSPS) is 11.1. The van der Waals surface area contributed by atoms with E-state index in [9.17, 15) is 17.6 Å². The molecule has 0 aliphatic heterocycles. The molecule has 3 aromatic rings. The Bertz CT molecular complexity index is 1130. The quantitative estimate of drug-likeness (QED) is 0.622. The van der Waals surface area contributed by atoms with Gasteiger partial charge in [0.05, 0.1) is 10.6 Å². The topological polar surface area (TPSA) is 75.3 Å². The molecule has 0 aromatic heterocycles. The van der Waals surface area contributed by atoms with Gasteiger partial charge in [0.1, 0.15) is 5.82 Å². The van der Waals surface area contributed by atoms with Crippen LogP contribution in [0.2, 0.25) is 5.02 Å². The van der Waals surface area contributed by atoms with Gasteiger partial charge in [-0.15, -0.1) is 0 Å². The molecular weight excluding hydrogens is 403 g/mol. The smallest absolute Gasteiger partial charge is 0.261 e. The Kier molecular flexibility index (Phi) is 5.67. The van der Waals surface area contributed by atoms with Gasteiger partial charge >= 0.3 is 0 Å². The van der Waals surface area contributed by atoms with Crippen molar-refractivity contribution in [3.8, 4) is 0 Å². The zero-order valence-electron chi connectivity index (χ0n) is 14.7. The van der Waals surface area contributed by atoms with E-state index in [0.717, 1.165) is 0 Å². The van der Waals surface area contributed by atoms with Gasteiger partial charge in [-0.2, -0.15) is 0 Å². The van der Waals surface area contributed by atoms with Crippen LogP contribution in [0.15, 0.2) is 71.6 Å². The van der Waals surface area contributed by atoms with Crippen LogP contribution in [0.3, 0.4) is 0 Å². The molecule has 0 fully saturated rings. The molecule has 3 aromatic carbocycles. The predicted octanol–water partition coefficient (Wildman–Crippen LogP) is 4.84. The molecule has 2 N–H and O–H groups in total. The van der Waals surface area contributed by atoms with Crippen LogP contribution in [-0.4, -0.2) is 14.3 Å². The number of benzene rings is 3. The average molecular weight is 419 g/mol. The second-order valence-corrected chi connectivity index (χ2v) is 8.17. The lowest BCUT2D eigenvalue weighted by atomic mass is 10.1. The van der Waals surface area contributed by atoms with Gasteiger partial charge in [0.15, 0.2) is 0 Å². The Labute approximate surface area is 167 Å². The summed E-state index contributed by atoms with van der Waals surface area (Å²) in [5.74, 6) is -0.887. The Morgan fingerprint density at radius 2 is 1.71 bits per heavy atom. The van der Waals surface area contributed by atoms with E-state index >= 15 is 0 Å². The number of hydrogen-bond donors (Lipinski definition) is 2. The van der Waals surface area contributed by atoms with E-state index in [-0.39, 0.29) is 4.90 Å². The number of aryl methyl sites for hydroxylation is 1. The average Bonchev–Trinajstić information content (AvgIpc) is 2.63. The molecule has 0 bridgehead atoms. The highest BCUT2D eigenvalue weighted by atomic mass is 35.5. The van der Waals surface area contributed by atoms with Crippen molar-refractivity contribution >= 4 is 38.9 Å². The van der Waals surface area contributed by atoms with E-state index in [1.165, 1.54) is 54.6 Å². The van der Waals surface area contributed by atoms with Crippen molar-refractivity contribution < 1.29 is 17.6 Å². The van der Waals surface area contributed by atoms with Crippen LogP contribution >= 0.6 is 11.6 Å². The summed E-state index contributed by atoms with van der Waals surface area (Å²) in [6.07, 6.45) is 0. The van der Waals surface area contributed by atoms with Crippen LogP contribution in [0.4, 0.5) is 15.8 Å². The first-order chi connectivity index (χ1) is 13.2. The maximum absolute atomic E-state index is 13.2. The Balaban J connectivity index is 1.78. The third kappa shape index (κ3) is 4.68. The van der Waals surface area contributed by atoms with E-state index in [1.54, 1.807) is 19.1 Å². The predicted molar refractivity (Wildman–Crippen MR) is 108 cm³/mol. The summed E-state index contributed by atoms with van der Waals surface area (Å²) in [6, 6.07) is 15.9. The van der Waals surface area contributed by atoms with Crippen molar-refractivity contribution in [2.75, 3.05) is 10.0 Å². The van der Waals surface area contributed by atoms with Gasteiger partial charge in [-0.3, -0.25) is 9.52 Å². The van der Waals surface area contributed by atoms with E-state index in [2.05, 4.69) is 10.0 Å². The standard InChI is InChI=1S/C20H16ClFN2O3S/c1-13-11-14(20(25)23-17-4-2-3-16(22)12-17)5-10-19(13)24-28(26,27)18-8-6-15(21)7-9-18/h2-12,24H,1H3,(H,23,25). The first kappa shape index (κ1) is 19.9. The Morgan fingerprint density at radius 1 is 1.00 bits per heavy atom. The number of hydrogen-bond acceptors (Lipinski definition) is 3. The van der Waals surface area contributed by atoms with Crippen molar-refractivity contribution in [2.45, 2.75) is 11.8 Å². The number of nitrogens with one attached hydrogen (secondary N) is 2. The van der Waals surface area contributed by atoms with E-state index in [0.29, 0.717) is 27.5 Å². The van der Waals surface area contributed by atoms with E-state index in [1.807, 2.05) is 0 Å².